The van der Waals surface area contributed by atoms with Gasteiger partial charge in [-0.05, 0) is 42.0 Å². The van der Waals surface area contributed by atoms with Crippen molar-refractivity contribution in [1.82, 2.24) is 20.3 Å². The third-order valence-corrected chi connectivity index (χ3v) is 3.89. The van der Waals surface area contributed by atoms with Gasteiger partial charge in [0.2, 0.25) is 5.88 Å². The molecule has 1 amide bonds. The molecule has 0 bridgehead atoms. The van der Waals surface area contributed by atoms with E-state index in [0.717, 1.165) is 16.6 Å². The molecule has 2 heterocycles. The molecule has 0 saturated carbocycles. The molecule has 4 rings (SSSR count). The first-order chi connectivity index (χ1) is 12.8. The molecule has 128 valence electrons. The summed E-state index contributed by atoms with van der Waals surface area (Å²) in [6.45, 7) is 0.402. The van der Waals surface area contributed by atoms with Gasteiger partial charge in [-0.25, -0.2) is 9.97 Å². The van der Waals surface area contributed by atoms with Crippen LogP contribution in [0, 0.1) is 0 Å². The Morgan fingerprint density at radius 2 is 2.00 bits per heavy atom. The van der Waals surface area contributed by atoms with Crippen molar-refractivity contribution in [2.45, 2.75) is 6.54 Å². The topological polar surface area (TPSA) is 79.9 Å². The lowest BCUT2D eigenvalue weighted by molar-refractivity contribution is 0.0951. The van der Waals surface area contributed by atoms with Gasteiger partial charge in [-0.1, -0.05) is 18.2 Å². The number of carbonyl (C=O) groups is 1. The Kier molecular flexibility index (Phi) is 4.30. The first-order valence-electron chi connectivity index (χ1n) is 8.17. The van der Waals surface area contributed by atoms with Crippen LogP contribution in [-0.2, 0) is 6.54 Å². The molecule has 4 aromatic rings. The highest BCUT2D eigenvalue weighted by molar-refractivity contribution is 5.97. The van der Waals surface area contributed by atoms with E-state index in [2.05, 4.69) is 20.3 Å². The van der Waals surface area contributed by atoms with Crippen molar-refractivity contribution >= 4 is 16.9 Å². The molecule has 6 heteroatoms. The smallest absolute Gasteiger partial charge is 0.251 e. The highest BCUT2D eigenvalue weighted by Crippen LogP contribution is 2.20. The zero-order valence-corrected chi connectivity index (χ0v) is 13.8. The number of hydrogen-bond acceptors (Lipinski definition) is 4. The number of fused-ring (bicyclic) bond motifs is 1. The lowest BCUT2D eigenvalue weighted by atomic mass is 10.1. The summed E-state index contributed by atoms with van der Waals surface area (Å²) in [5.41, 5.74) is 3.20. The van der Waals surface area contributed by atoms with Crippen LogP contribution in [0.5, 0.6) is 11.6 Å². The predicted octanol–water partition coefficient (Wildman–Crippen LogP) is 3.68. The lowest BCUT2D eigenvalue weighted by Crippen LogP contribution is -2.22. The first-order valence-corrected chi connectivity index (χ1v) is 8.17. The summed E-state index contributed by atoms with van der Waals surface area (Å²) in [6, 6.07) is 18.4. The maximum Gasteiger partial charge on any atom is 0.251 e. The third kappa shape index (κ3) is 3.54. The average molecular weight is 344 g/mol. The van der Waals surface area contributed by atoms with Gasteiger partial charge in [0.05, 0.1) is 17.4 Å². The molecule has 0 radical (unpaired) electrons. The number of nitrogens with zero attached hydrogens (tertiary/aromatic N) is 2. The van der Waals surface area contributed by atoms with Crippen LogP contribution in [0.25, 0.3) is 11.0 Å². The van der Waals surface area contributed by atoms with Crippen molar-refractivity contribution in [3.05, 3.63) is 84.3 Å². The molecule has 0 atom stereocenters. The van der Waals surface area contributed by atoms with E-state index in [9.17, 15) is 4.79 Å². The summed E-state index contributed by atoms with van der Waals surface area (Å²) < 4.78 is 5.71. The maximum atomic E-state index is 12.4. The Morgan fingerprint density at radius 1 is 1.04 bits per heavy atom. The van der Waals surface area contributed by atoms with Crippen molar-refractivity contribution in [2.75, 3.05) is 0 Å². The summed E-state index contributed by atoms with van der Waals surface area (Å²) in [5, 5.41) is 2.92. The van der Waals surface area contributed by atoms with E-state index in [1.165, 1.54) is 0 Å². The van der Waals surface area contributed by atoms with Gasteiger partial charge in [-0.2, -0.15) is 0 Å². The first kappa shape index (κ1) is 15.8. The van der Waals surface area contributed by atoms with Crippen LogP contribution >= 0.6 is 0 Å². The molecule has 0 aliphatic carbocycles. The van der Waals surface area contributed by atoms with Gasteiger partial charge in [0.25, 0.3) is 5.91 Å². The largest absolute Gasteiger partial charge is 0.439 e. The summed E-state index contributed by atoms with van der Waals surface area (Å²) in [4.78, 5) is 23.7. The Bertz CT molecular complexity index is 1040. The number of amides is 1. The van der Waals surface area contributed by atoms with E-state index < -0.39 is 0 Å². The third-order valence-electron chi connectivity index (χ3n) is 3.89. The van der Waals surface area contributed by atoms with Crippen molar-refractivity contribution in [3.63, 3.8) is 0 Å². The molecule has 0 unspecified atom stereocenters. The van der Waals surface area contributed by atoms with Gasteiger partial charge in [-0.15, -0.1) is 0 Å². The molecule has 2 aromatic carbocycles. The predicted molar refractivity (Wildman–Crippen MR) is 98.0 cm³/mol. The summed E-state index contributed by atoms with van der Waals surface area (Å²) in [7, 11) is 0. The molecule has 0 aliphatic rings. The van der Waals surface area contributed by atoms with Crippen molar-refractivity contribution in [1.29, 1.82) is 0 Å². The fourth-order valence-electron chi connectivity index (χ4n) is 2.61. The maximum absolute atomic E-state index is 12.4. The standard InChI is InChI=1S/C20H16N4O2/c25-20(15-7-8-17-18(11-15)24-13-23-17)22-12-14-4-3-5-16(10-14)26-19-6-1-2-9-21-19/h1-11,13H,12H2,(H,22,25)(H,23,24). The summed E-state index contributed by atoms with van der Waals surface area (Å²) in [6.07, 6.45) is 3.29. The van der Waals surface area contributed by atoms with E-state index in [1.54, 1.807) is 30.7 Å². The molecule has 0 saturated heterocycles. The van der Waals surface area contributed by atoms with Crippen molar-refractivity contribution < 1.29 is 9.53 Å². The van der Waals surface area contributed by atoms with E-state index in [4.69, 9.17) is 4.74 Å². The van der Waals surface area contributed by atoms with Crippen molar-refractivity contribution in [2.24, 2.45) is 0 Å². The number of aromatic amines is 1. The van der Waals surface area contributed by atoms with Crippen LogP contribution in [0.1, 0.15) is 15.9 Å². The fourth-order valence-corrected chi connectivity index (χ4v) is 2.61. The molecule has 0 fully saturated rings. The van der Waals surface area contributed by atoms with E-state index in [-0.39, 0.29) is 5.91 Å². The molecule has 2 N–H and O–H groups in total. The minimum atomic E-state index is -0.141. The number of hydrogen-bond donors (Lipinski definition) is 2. The number of pyridine rings is 1. The van der Waals surface area contributed by atoms with Crippen LogP contribution < -0.4 is 10.1 Å². The minimum Gasteiger partial charge on any atom is -0.439 e. The monoisotopic (exact) mass is 344 g/mol. The number of nitrogens with one attached hydrogen (secondary N) is 2. The molecule has 26 heavy (non-hydrogen) atoms. The zero-order valence-electron chi connectivity index (χ0n) is 13.8. The van der Waals surface area contributed by atoms with Gasteiger partial charge in [0.1, 0.15) is 5.75 Å². The molecular weight excluding hydrogens is 328 g/mol. The number of aromatic nitrogens is 3. The van der Waals surface area contributed by atoms with Gasteiger partial charge in [0, 0.05) is 24.4 Å². The second-order valence-corrected chi connectivity index (χ2v) is 5.73. The minimum absolute atomic E-state index is 0.141. The Balaban J connectivity index is 1.42. The normalized spacial score (nSPS) is 10.6. The van der Waals surface area contributed by atoms with Crippen LogP contribution in [-0.4, -0.2) is 20.9 Å². The Morgan fingerprint density at radius 3 is 2.88 bits per heavy atom. The van der Waals surface area contributed by atoms with Gasteiger partial charge in [0.15, 0.2) is 0 Å². The molecule has 6 nitrogen and oxygen atoms in total. The Hall–Kier alpha value is -3.67. The average Bonchev–Trinajstić information content (AvgIpc) is 3.15. The van der Waals surface area contributed by atoms with Crippen LogP contribution in [0.4, 0.5) is 0 Å². The number of rotatable bonds is 5. The number of carbonyl (C=O) groups excluding carboxylic acids is 1. The molecular formula is C20H16N4O2. The fraction of sp³-hybridized carbons (Fsp3) is 0.0500. The van der Waals surface area contributed by atoms with E-state index >= 15 is 0 Å². The number of ether oxygens (including phenoxy) is 1. The van der Waals surface area contributed by atoms with E-state index in [1.807, 2.05) is 42.5 Å². The summed E-state index contributed by atoms with van der Waals surface area (Å²) in [5.74, 6) is 1.06. The SMILES string of the molecule is O=C(NCc1cccc(Oc2ccccn2)c1)c1ccc2nc[nH]c2c1. The van der Waals surface area contributed by atoms with E-state index in [0.29, 0.717) is 23.7 Å². The molecule has 0 spiro atoms. The second-order valence-electron chi connectivity index (χ2n) is 5.73. The highest BCUT2D eigenvalue weighted by atomic mass is 16.5. The van der Waals surface area contributed by atoms with Gasteiger partial charge < -0.3 is 15.0 Å². The lowest BCUT2D eigenvalue weighted by Gasteiger charge is -2.08. The number of benzene rings is 2. The number of H-pyrrole nitrogens is 1. The van der Waals surface area contributed by atoms with Gasteiger partial charge >= 0.3 is 0 Å². The van der Waals surface area contributed by atoms with Crippen LogP contribution in [0.3, 0.4) is 0 Å². The molecule has 0 aliphatic heterocycles. The Labute approximate surface area is 149 Å². The van der Waals surface area contributed by atoms with Crippen molar-refractivity contribution in [3.8, 4) is 11.6 Å². The number of imidazole rings is 1. The summed E-state index contributed by atoms with van der Waals surface area (Å²) >= 11 is 0. The molecule has 2 aromatic heterocycles. The van der Waals surface area contributed by atoms with Crippen LogP contribution in [0.15, 0.2) is 73.2 Å². The zero-order chi connectivity index (χ0) is 17.8. The van der Waals surface area contributed by atoms with Crippen LogP contribution in [0.2, 0.25) is 0 Å². The second kappa shape index (κ2) is 7.06. The quantitative estimate of drug-likeness (QED) is 0.579. The highest BCUT2D eigenvalue weighted by Gasteiger charge is 2.08. The van der Waals surface area contributed by atoms with Gasteiger partial charge in [-0.3, -0.25) is 4.79 Å².